The highest BCUT2D eigenvalue weighted by molar-refractivity contribution is 7.25. The van der Waals surface area contributed by atoms with Crippen molar-refractivity contribution >= 4 is 53.4 Å². The maximum atomic E-state index is 9.48. The molecule has 0 unspecified atom stereocenters. The van der Waals surface area contributed by atoms with Gasteiger partial charge in [0.2, 0.25) is 0 Å². The predicted molar refractivity (Wildman–Crippen MR) is 182 cm³/mol. The zero-order valence-corrected chi connectivity index (χ0v) is 22.6. The summed E-state index contributed by atoms with van der Waals surface area (Å²) in [5.41, 5.74) is -3.89. The van der Waals surface area contributed by atoms with Crippen LogP contribution >= 0.6 is 11.3 Å². The van der Waals surface area contributed by atoms with E-state index in [0.717, 1.165) is 17.4 Å². The van der Waals surface area contributed by atoms with E-state index in [0.29, 0.717) is 0 Å². The number of thiophene rings is 1. The van der Waals surface area contributed by atoms with Crippen molar-refractivity contribution in [1.29, 1.82) is 0 Å². The van der Waals surface area contributed by atoms with Crippen LogP contribution in [-0.4, -0.2) is 15.0 Å². The van der Waals surface area contributed by atoms with Crippen molar-refractivity contribution in [2.24, 2.45) is 0 Å². The lowest BCUT2D eigenvalue weighted by Crippen LogP contribution is -2.00. The first-order valence-electron chi connectivity index (χ1n) is 23.7. The van der Waals surface area contributed by atoms with Gasteiger partial charge in [0.05, 0.1) is 30.2 Å². The molecule has 0 aliphatic carbocycles. The highest BCUT2D eigenvalue weighted by Gasteiger charge is 2.18. The Hall–Kier alpha value is -5.65. The fraction of sp³-hybridized carbons (Fsp3) is 0. The highest BCUT2D eigenvalue weighted by atomic mass is 32.1. The van der Waals surface area contributed by atoms with Crippen LogP contribution in [0, 0.1) is 0 Å². The lowest BCUT2D eigenvalue weighted by Gasteiger charge is -2.10. The fourth-order valence-corrected chi connectivity index (χ4v) is 5.61. The Bertz CT molecular complexity index is 3730. The molecule has 3 aromatic heterocycles. The number of fused-ring (bicyclic) bond motifs is 6. The van der Waals surface area contributed by atoms with Crippen molar-refractivity contribution in [3.63, 3.8) is 0 Å². The number of aromatic nitrogens is 3. The average molecular weight is 604 g/mol. The van der Waals surface area contributed by atoms with Gasteiger partial charge in [-0.25, -0.2) is 15.0 Å². The molecule has 0 aliphatic heterocycles. The fourth-order valence-electron chi connectivity index (χ4n) is 4.67. The molecule has 6 aromatic carbocycles. The largest absolute Gasteiger partial charge is 0.456 e. The van der Waals surface area contributed by atoms with Crippen LogP contribution in [0.2, 0.25) is 0 Å². The van der Waals surface area contributed by atoms with Crippen LogP contribution in [0.4, 0.5) is 0 Å². The minimum absolute atomic E-state index is 0.0274. The van der Waals surface area contributed by atoms with E-state index in [1.54, 1.807) is 0 Å². The van der Waals surface area contributed by atoms with E-state index in [2.05, 4.69) is 15.0 Å². The molecule has 3 heterocycles. The van der Waals surface area contributed by atoms with Crippen LogP contribution in [0.15, 0.2) is 143 Å². The summed E-state index contributed by atoms with van der Waals surface area (Å²) in [6, 6.07) is -14.7. The molecule has 0 saturated heterocycles. The van der Waals surface area contributed by atoms with Gasteiger partial charge in [0, 0.05) is 47.6 Å². The van der Waals surface area contributed by atoms with Crippen molar-refractivity contribution in [2.75, 3.05) is 0 Å². The molecular formula is C39H23N3OS. The summed E-state index contributed by atoms with van der Waals surface area (Å²) in [5, 5.41) is -0.930. The first-order valence-corrected chi connectivity index (χ1v) is 13.6. The van der Waals surface area contributed by atoms with Gasteiger partial charge < -0.3 is 4.42 Å². The quantitative estimate of drug-likeness (QED) is 0.201. The molecule has 0 aliphatic rings. The van der Waals surface area contributed by atoms with Crippen LogP contribution in [0.5, 0.6) is 0 Å². The van der Waals surface area contributed by atoms with E-state index in [1.165, 1.54) is 0 Å². The minimum Gasteiger partial charge on any atom is -0.456 e. The molecule has 0 amide bonds. The zero-order valence-electron chi connectivity index (χ0n) is 43.7. The van der Waals surface area contributed by atoms with E-state index in [4.69, 9.17) is 30.5 Å². The predicted octanol–water partition coefficient (Wildman–Crippen LogP) is 10.8. The molecule has 206 valence electrons. The molecule has 0 N–H and O–H groups in total. The number of para-hydroxylation sites is 1. The minimum atomic E-state index is -0.923. The Balaban J connectivity index is 1.48. The van der Waals surface area contributed by atoms with Crippen molar-refractivity contribution in [2.45, 2.75) is 0 Å². The summed E-state index contributed by atoms with van der Waals surface area (Å²) in [4.78, 5) is 13.5. The topological polar surface area (TPSA) is 51.8 Å². The van der Waals surface area contributed by atoms with Gasteiger partial charge in [0.25, 0.3) is 0 Å². The van der Waals surface area contributed by atoms with Crippen molar-refractivity contribution in [3.8, 4) is 45.3 Å². The Labute approximate surface area is 287 Å². The molecule has 0 radical (unpaired) electrons. The number of benzene rings is 6. The lowest BCUT2D eigenvalue weighted by molar-refractivity contribution is 0.669. The van der Waals surface area contributed by atoms with Gasteiger partial charge in [0.1, 0.15) is 11.2 Å². The normalized spacial score (nSPS) is 18.6. The second-order valence-electron chi connectivity index (χ2n) is 9.15. The molecule has 0 spiro atoms. The third-order valence-corrected chi connectivity index (χ3v) is 7.62. The van der Waals surface area contributed by atoms with Crippen molar-refractivity contribution < 1.29 is 34.6 Å². The molecule has 0 saturated carbocycles. The van der Waals surface area contributed by atoms with Gasteiger partial charge in [-0.2, -0.15) is 0 Å². The first-order chi connectivity index (χ1) is 30.9. The van der Waals surface area contributed by atoms with Crippen LogP contribution in [0.3, 0.4) is 0 Å². The average Bonchev–Trinajstić information content (AvgIpc) is 3.90. The summed E-state index contributed by atoms with van der Waals surface area (Å²) in [5.74, 6) is -1.98. The zero-order chi connectivity index (χ0) is 48.2. The Morgan fingerprint density at radius 1 is 0.477 bits per heavy atom. The number of nitrogens with zero attached hydrogens (tertiary/aromatic N) is 3. The van der Waals surface area contributed by atoms with Crippen molar-refractivity contribution in [1.82, 2.24) is 15.0 Å². The smallest absolute Gasteiger partial charge is 0.164 e. The maximum Gasteiger partial charge on any atom is 0.164 e. The third kappa shape index (κ3) is 4.09. The Kier molecular flexibility index (Phi) is 2.60. The monoisotopic (exact) mass is 603 g/mol. The van der Waals surface area contributed by atoms with Gasteiger partial charge in [-0.05, 0) is 53.4 Å². The summed E-state index contributed by atoms with van der Waals surface area (Å²) in [6.45, 7) is 0. The number of hydrogen-bond donors (Lipinski definition) is 0. The molecule has 0 atom stereocenters. The summed E-state index contributed by atoms with van der Waals surface area (Å²) in [7, 11) is 0. The van der Waals surface area contributed by atoms with E-state index in [1.807, 2.05) is 0 Å². The molecule has 9 rings (SSSR count). The number of rotatable bonds is 4. The van der Waals surface area contributed by atoms with Gasteiger partial charge in [-0.3, -0.25) is 0 Å². The van der Waals surface area contributed by atoms with Crippen LogP contribution in [-0.2, 0) is 0 Å². The summed E-state index contributed by atoms with van der Waals surface area (Å²) in [6.07, 6.45) is 0. The van der Waals surface area contributed by atoms with E-state index in [9.17, 15) is 4.11 Å². The molecule has 4 nitrogen and oxygen atoms in total. The Morgan fingerprint density at radius 3 is 2.05 bits per heavy atom. The van der Waals surface area contributed by atoms with Gasteiger partial charge in [0.15, 0.2) is 17.5 Å². The third-order valence-electron chi connectivity index (χ3n) is 6.59. The molecule has 44 heavy (non-hydrogen) atoms. The lowest BCUT2D eigenvalue weighted by atomic mass is 10.0. The van der Waals surface area contributed by atoms with E-state index in [-0.39, 0.29) is 42.6 Å². The summed E-state index contributed by atoms with van der Waals surface area (Å²) >= 11 is 0.830. The highest BCUT2D eigenvalue weighted by Crippen LogP contribution is 2.38. The second-order valence-corrected chi connectivity index (χ2v) is 10.2. The molecular weight excluding hydrogens is 559 g/mol. The van der Waals surface area contributed by atoms with Crippen LogP contribution in [0.1, 0.15) is 30.2 Å². The van der Waals surface area contributed by atoms with Crippen LogP contribution in [0.25, 0.3) is 87.4 Å². The van der Waals surface area contributed by atoms with E-state index < -0.39 is 178 Å². The van der Waals surface area contributed by atoms with Gasteiger partial charge in [-0.15, -0.1) is 11.3 Å². The van der Waals surface area contributed by atoms with E-state index >= 15 is 0 Å². The Morgan fingerprint density at radius 2 is 1.14 bits per heavy atom. The number of hydrogen-bond acceptors (Lipinski definition) is 5. The standard InChI is InChI=1S/C39H23N3OS/c1-2-10-24(11-3-1)25-12-8-13-26(22-25)37-40-38(27-20-21-35-31(23-27)28-14-5-7-19-34(28)44-35)42-39(41-37)30-16-9-18-33-36(30)29-15-4-6-17-32(29)43-33/h1-23H/i1D,2D,3D,4D,5D,6D,7D,8D,9D,10D,11D,12D,13D,14D,15D,16D,17D,18D,19D,21D,22D,23D. The molecule has 5 heteroatoms. The van der Waals surface area contributed by atoms with Crippen molar-refractivity contribution in [3.05, 3.63) is 139 Å². The maximum absolute atomic E-state index is 9.48. The van der Waals surface area contributed by atoms with Crippen LogP contribution < -0.4 is 0 Å². The van der Waals surface area contributed by atoms with Gasteiger partial charge in [-0.1, -0.05) is 96.7 Å². The molecule has 0 bridgehead atoms. The first kappa shape index (κ1) is 11.5. The SMILES string of the molecule is [2H]c1c([2H])c([2H])c(-c2c([2H])c([2H])c([2H])c(-c3nc(-c4cc([2H])c5sc6c([2H])c([2H])c([2H])c([2H])c6c5c4[2H])nc(-c4c([2H])c([2H])c([2H])c5oc6c([2H])c([2H])c([2H])c([2H])c6c45)n3)c2[2H])c([2H])c1[2H]. The number of furan rings is 1. The molecule has 0 fully saturated rings. The van der Waals surface area contributed by atoms with Gasteiger partial charge >= 0.3 is 0 Å². The summed E-state index contributed by atoms with van der Waals surface area (Å²) < 4.78 is 197. The molecule has 9 aromatic rings. The second kappa shape index (κ2) is 9.97.